The van der Waals surface area contributed by atoms with Gasteiger partial charge in [-0.15, -0.1) is 0 Å². The molecule has 136 valence electrons. The summed E-state index contributed by atoms with van der Waals surface area (Å²) in [5, 5.41) is 23.2. The molecule has 0 aliphatic rings. The van der Waals surface area contributed by atoms with E-state index in [-0.39, 0.29) is 5.75 Å². The van der Waals surface area contributed by atoms with Crippen LogP contribution in [0.1, 0.15) is 17.2 Å². The topological polar surface area (TPSA) is 80.2 Å². The van der Waals surface area contributed by atoms with E-state index in [1.807, 2.05) is 18.2 Å². The highest BCUT2D eigenvalue weighted by Crippen LogP contribution is 2.29. The van der Waals surface area contributed by atoms with Gasteiger partial charge in [-0.25, -0.2) is 0 Å². The summed E-state index contributed by atoms with van der Waals surface area (Å²) in [5.74, 6) is 1.81. The predicted octanol–water partition coefficient (Wildman–Crippen LogP) is 2.28. The van der Waals surface area contributed by atoms with Gasteiger partial charge in [-0.05, 0) is 48.4 Å². The molecular formula is C19H25NO5. The summed E-state index contributed by atoms with van der Waals surface area (Å²) in [6.45, 7) is 1.09. The number of phenols is 1. The average Bonchev–Trinajstić information content (AvgIpc) is 2.64. The molecule has 0 bridgehead atoms. The van der Waals surface area contributed by atoms with E-state index in [1.54, 1.807) is 26.4 Å². The minimum Gasteiger partial charge on any atom is -0.504 e. The highest BCUT2D eigenvalue weighted by molar-refractivity contribution is 5.43. The first-order valence-electron chi connectivity index (χ1n) is 8.05. The van der Waals surface area contributed by atoms with Crippen molar-refractivity contribution < 1.29 is 24.4 Å². The molecule has 2 aromatic carbocycles. The van der Waals surface area contributed by atoms with Gasteiger partial charge in [0.25, 0.3) is 0 Å². The first-order chi connectivity index (χ1) is 12.1. The second-order valence-corrected chi connectivity index (χ2v) is 5.59. The number of aromatic hydroxyl groups is 1. The molecular weight excluding hydrogens is 322 g/mol. The molecule has 0 aliphatic carbocycles. The zero-order valence-corrected chi connectivity index (χ0v) is 14.8. The fraction of sp³-hybridized carbons (Fsp3) is 0.368. The first-order valence-corrected chi connectivity index (χ1v) is 8.05. The van der Waals surface area contributed by atoms with Gasteiger partial charge in [-0.3, -0.25) is 0 Å². The number of nitrogens with one attached hydrogen (secondary N) is 1. The molecule has 0 aliphatic heterocycles. The van der Waals surface area contributed by atoms with Crippen LogP contribution in [0.5, 0.6) is 23.0 Å². The van der Waals surface area contributed by atoms with Crippen LogP contribution in [0.4, 0.5) is 0 Å². The number of benzene rings is 2. The molecule has 2 rings (SSSR count). The molecule has 0 aromatic heterocycles. The summed E-state index contributed by atoms with van der Waals surface area (Å²) < 4.78 is 15.5. The monoisotopic (exact) mass is 347 g/mol. The van der Waals surface area contributed by atoms with E-state index < -0.39 is 6.10 Å². The minimum atomic E-state index is -0.706. The maximum atomic E-state index is 10.2. The average molecular weight is 347 g/mol. The lowest BCUT2D eigenvalue weighted by molar-refractivity contribution is 0.174. The molecule has 25 heavy (non-hydrogen) atoms. The lowest BCUT2D eigenvalue weighted by Crippen LogP contribution is -2.23. The van der Waals surface area contributed by atoms with E-state index in [4.69, 9.17) is 14.2 Å². The molecule has 1 atom stereocenters. The van der Waals surface area contributed by atoms with E-state index in [0.29, 0.717) is 35.9 Å². The van der Waals surface area contributed by atoms with Crippen molar-refractivity contribution in [1.82, 2.24) is 5.32 Å². The Hall–Kier alpha value is -2.44. The summed E-state index contributed by atoms with van der Waals surface area (Å²) in [4.78, 5) is 0. The third-order valence-corrected chi connectivity index (χ3v) is 3.96. The number of rotatable bonds is 9. The van der Waals surface area contributed by atoms with Gasteiger partial charge in [0, 0.05) is 6.54 Å². The molecule has 0 saturated carbocycles. The zero-order chi connectivity index (χ0) is 18.2. The minimum absolute atomic E-state index is 0.0179. The third kappa shape index (κ3) is 5.01. The van der Waals surface area contributed by atoms with Gasteiger partial charge in [0.05, 0.1) is 27.4 Å². The van der Waals surface area contributed by atoms with E-state index >= 15 is 0 Å². The molecule has 0 radical (unpaired) electrons. The number of hydrogen-bond donors (Lipinski definition) is 3. The van der Waals surface area contributed by atoms with Gasteiger partial charge >= 0.3 is 0 Å². The van der Waals surface area contributed by atoms with Crippen LogP contribution in [0.3, 0.4) is 0 Å². The van der Waals surface area contributed by atoms with Crippen molar-refractivity contribution in [2.24, 2.45) is 0 Å². The Kier molecular flexibility index (Phi) is 6.91. The van der Waals surface area contributed by atoms with Crippen LogP contribution in [0.15, 0.2) is 36.4 Å². The van der Waals surface area contributed by atoms with Crippen molar-refractivity contribution in [3.8, 4) is 23.0 Å². The zero-order valence-electron chi connectivity index (χ0n) is 14.8. The maximum Gasteiger partial charge on any atom is 0.160 e. The SMILES string of the molecule is COc1ccc([C@@H](O)CNCCc2ccc(OC)c(OC)c2)cc1O. The van der Waals surface area contributed by atoms with E-state index in [9.17, 15) is 10.2 Å². The molecule has 6 heteroatoms. The van der Waals surface area contributed by atoms with Crippen molar-refractivity contribution in [2.75, 3.05) is 34.4 Å². The quantitative estimate of drug-likeness (QED) is 0.604. The molecule has 0 saturated heterocycles. The van der Waals surface area contributed by atoms with Crippen LogP contribution in [0, 0.1) is 0 Å². The maximum absolute atomic E-state index is 10.2. The molecule has 0 fully saturated rings. The summed E-state index contributed by atoms with van der Waals surface area (Å²) in [6.07, 6.45) is 0.0863. The summed E-state index contributed by atoms with van der Waals surface area (Å²) in [6, 6.07) is 10.7. The Labute approximate surface area is 148 Å². The lowest BCUT2D eigenvalue weighted by atomic mass is 10.1. The summed E-state index contributed by atoms with van der Waals surface area (Å²) in [5.41, 5.74) is 1.75. The van der Waals surface area contributed by atoms with Crippen LogP contribution in [0.25, 0.3) is 0 Å². The lowest BCUT2D eigenvalue weighted by Gasteiger charge is -2.14. The second-order valence-electron chi connectivity index (χ2n) is 5.59. The van der Waals surface area contributed by atoms with Crippen molar-refractivity contribution in [1.29, 1.82) is 0 Å². The van der Waals surface area contributed by atoms with Crippen molar-refractivity contribution in [3.05, 3.63) is 47.5 Å². The Morgan fingerprint density at radius 3 is 2.24 bits per heavy atom. The van der Waals surface area contributed by atoms with Crippen LogP contribution in [-0.2, 0) is 6.42 Å². The van der Waals surface area contributed by atoms with Gasteiger partial charge in [0.15, 0.2) is 23.0 Å². The first kappa shape index (κ1) is 18.9. The van der Waals surface area contributed by atoms with Crippen LogP contribution >= 0.6 is 0 Å². The van der Waals surface area contributed by atoms with E-state index in [1.165, 1.54) is 13.2 Å². The largest absolute Gasteiger partial charge is 0.504 e. The van der Waals surface area contributed by atoms with Crippen molar-refractivity contribution in [3.63, 3.8) is 0 Å². The van der Waals surface area contributed by atoms with Crippen molar-refractivity contribution >= 4 is 0 Å². The number of phenolic OH excluding ortho intramolecular Hbond substituents is 1. The Morgan fingerprint density at radius 1 is 0.920 bits per heavy atom. The van der Waals surface area contributed by atoms with Crippen molar-refractivity contribution in [2.45, 2.75) is 12.5 Å². The molecule has 0 spiro atoms. The highest BCUT2D eigenvalue weighted by Gasteiger charge is 2.10. The van der Waals surface area contributed by atoms with Crippen LogP contribution in [0.2, 0.25) is 0 Å². The van der Waals surface area contributed by atoms with Gasteiger partial charge in [-0.2, -0.15) is 0 Å². The third-order valence-electron chi connectivity index (χ3n) is 3.96. The Morgan fingerprint density at radius 2 is 1.60 bits per heavy atom. The number of methoxy groups -OCH3 is 3. The number of aliphatic hydroxyl groups excluding tert-OH is 1. The van der Waals surface area contributed by atoms with Gasteiger partial charge in [-0.1, -0.05) is 12.1 Å². The van der Waals surface area contributed by atoms with Gasteiger partial charge < -0.3 is 29.7 Å². The standard InChI is InChI=1S/C19H25NO5/c1-23-17-7-5-14(11-15(17)21)16(22)12-20-9-8-13-4-6-18(24-2)19(10-13)25-3/h4-7,10-11,16,20-22H,8-9,12H2,1-3H3/t16-/m0/s1. The van der Waals surface area contributed by atoms with Gasteiger partial charge in [0.2, 0.25) is 0 Å². The van der Waals surface area contributed by atoms with Crippen LogP contribution in [-0.4, -0.2) is 44.6 Å². The second kappa shape index (κ2) is 9.15. The Balaban J connectivity index is 1.83. The van der Waals surface area contributed by atoms with Gasteiger partial charge in [0.1, 0.15) is 0 Å². The highest BCUT2D eigenvalue weighted by atomic mass is 16.5. The van der Waals surface area contributed by atoms with E-state index in [2.05, 4.69) is 5.32 Å². The number of hydrogen-bond acceptors (Lipinski definition) is 6. The molecule has 2 aromatic rings. The molecule has 0 heterocycles. The molecule has 0 amide bonds. The smallest absolute Gasteiger partial charge is 0.160 e. The molecule has 0 unspecified atom stereocenters. The number of aliphatic hydroxyl groups is 1. The fourth-order valence-electron chi connectivity index (χ4n) is 2.54. The normalized spacial score (nSPS) is 11.8. The molecule has 6 nitrogen and oxygen atoms in total. The fourth-order valence-corrected chi connectivity index (χ4v) is 2.54. The van der Waals surface area contributed by atoms with E-state index in [0.717, 1.165) is 12.0 Å². The summed E-state index contributed by atoms with van der Waals surface area (Å²) in [7, 11) is 4.71. The van der Waals surface area contributed by atoms with Crippen LogP contribution < -0.4 is 19.5 Å². The predicted molar refractivity (Wildman–Crippen MR) is 95.7 cm³/mol. The molecule has 3 N–H and O–H groups in total. The number of ether oxygens (including phenoxy) is 3. The summed E-state index contributed by atoms with van der Waals surface area (Å²) >= 11 is 0. The Bertz CT molecular complexity index is 690.